The number of thiophene rings is 1. The Bertz CT molecular complexity index is 627. The molecule has 2 aromatic heterocycles. The number of thiazole rings is 1. The van der Waals surface area contributed by atoms with Crippen molar-refractivity contribution in [2.45, 2.75) is 32.6 Å². The number of aromatic nitrogens is 1. The van der Waals surface area contributed by atoms with Crippen LogP contribution in [0, 0.1) is 6.92 Å². The van der Waals surface area contributed by atoms with Gasteiger partial charge in [-0.05, 0) is 36.2 Å². The lowest BCUT2D eigenvalue weighted by Crippen LogP contribution is -2.49. The first-order valence-electron chi connectivity index (χ1n) is 7.23. The van der Waals surface area contributed by atoms with Gasteiger partial charge in [-0.1, -0.05) is 0 Å². The molecule has 0 aromatic carbocycles. The van der Waals surface area contributed by atoms with Crippen molar-refractivity contribution in [3.05, 3.63) is 38.5 Å². The molecule has 2 amide bonds. The van der Waals surface area contributed by atoms with Crippen LogP contribution >= 0.6 is 22.7 Å². The van der Waals surface area contributed by atoms with Crippen LogP contribution in [0.5, 0.6) is 0 Å². The third-order valence-electron chi connectivity index (χ3n) is 3.52. The summed E-state index contributed by atoms with van der Waals surface area (Å²) in [4.78, 5) is 19.6. The molecule has 22 heavy (non-hydrogen) atoms. The number of carbonyl (C=O) groups excluding carboxylic acids is 1. The van der Waals surface area contributed by atoms with Crippen LogP contribution in [0.15, 0.2) is 23.0 Å². The Morgan fingerprint density at radius 3 is 3.09 bits per heavy atom. The van der Waals surface area contributed by atoms with E-state index in [1.165, 1.54) is 0 Å². The number of carbonyl (C=O) groups is 1. The molecule has 0 bridgehead atoms. The molecular weight excluding hydrogens is 318 g/mol. The molecule has 7 heteroatoms. The SMILES string of the molecule is Cc1cnc(CNC(=O)N2CC(C)OC(c3ccsc3)C2)s1. The maximum Gasteiger partial charge on any atom is 0.317 e. The molecule has 2 unspecified atom stereocenters. The maximum absolute atomic E-state index is 12.4. The third kappa shape index (κ3) is 3.66. The van der Waals surface area contributed by atoms with E-state index in [0.29, 0.717) is 19.6 Å². The summed E-state index contributed by atoms with van der Waals surface area (Å²) < 4.78 is 5.95. The summed E-state index contributed by atoms with van der Waals surface area (Å²) in [6, 6.07) is 2.00. The molecule has 0 spiro atoms. The fourth-order valence-electron chi connectivity index (χ4n) is 2.51. The molecule has 1 fully saturated rings. The average Bonchev–Trinajstić information content (AvgIpc) is 3.15. The first-order valence-corrected chi connectivity index (χ1v) is 8.99. The second-order valence-electron chi connectivity index (χ2n) is 5.42. The number of hydrogen-bond acceptors (Lipinski definition) is 5. The van der Waals surface area contributed by atoms with Gasteiger partial charge in [0.15, 0.2) is 0 Å². The van der Waals surface area contributed by atoms with Crippen molar-refractivity contribution in [1.82, 2.24) is 15.2 Å². The van der Waals surface area contributed by atoms with E-state index >= 15 is 0 Å². The minimum atomic E-state index is -0.0526. The number of morpholine rings is 1. The lowest BCUT2D eigenvalue weighted by Gasteiger charge is -2.36. The monoisotopic (exact) mass is 337 g/mol. The van der Waals surface area contributed by atoms with Crippen molar-refractivity contribution >= 4 is 28.7 Å². The van der Waals surface area contributed by atoms with Crippen molar-refractivity contribution in [3.8, 4) is 0 Å². The number of nitrogens with zero attached hydrogens (tertiary/aromatic N) is 2. The number of nitrogens with one attached hydrogen (secondary N) is 1. The second-order valence-corrected chi connectivity index (χ2v) is 7.52. The minimum absolute atomic E-state index is 0.0338. The fourth-order valence-corrected chi connectivity index (χ4v) is 3.93. The number of hydrogen-bond donors (Lipinski definition) is 1. The van der Waals surface area contributed by atoms with Gasteiger partial charge in [-0.3, -0.25) is 0 Å². The molecule has 118 valence electrons. The van der Waals surface area contributed by atoms with E-state index in [4.69, 9.17) is 4.74 Å². The van der Waals surface area contributed by atoms with Gasteiger partial charge >= 0.3 is 6.03 Å². The predicted octanol–water partition coefficient (Wildman–Crippen LogP) is 3.18. The average molecular weight is 337 g/mol. The van der Waals surface area contributed by atoms with Crippen molar-refractivity contribution in [1.29, 1.82) is 0 Å². The predicted molar refractivity (Wildman–Crippen MR) is 88.3 cm³/mol. The number of rotatable bonds is 3. The highest BCUT2D eigenvalue weighted by molar-refractivity contribution is 7.11. The topological polar surface area (TPSA) is 54.5 Å². The molecule has 0 aliphatic carbocycles. The zero-order valence-electron chi connectivity index (χ0n) is 12.6. The number of aryl methyl sites for hydroxylation is 1. The number of amides is 2. The van der Waals surface area contributed by atoms with E-state index in [0.717, 1.165) is 15.4 Å². The highest BCUT2D eigenvalue weighted by Crippen LogP contribution is 2.26. The molecular formula is C15H19N3O2S2. The van der Waals surface area contributed by atoms with Crippen LogP contribution in [0.25, 0.3) is 0 Å². The number of urea groups is 1. The maximum atomic E-state index is 12.4. The summed E-state index contributed by atoms with van der Waals surface area (Å²) in [7, 11) is 0. The van der Waals surface area contributed by atoms with Crippen molar-refractivity contribution in [3.63, 3.8) is 0 Å². The van der Waals surface area contributed by atoms with E-state index < -0.39 is 0 Å². The minimum Gasteiger partial charge on any atom is -0.367 e. The van der Waals surface area contributed by atoms with E-state index in [1.807, 2.05) is 30.3 Å². The zero-order chi connectivity index (χ0) is 15.5. The third-order valence-corrected chi connectivity index (χ3v) is 5.14. The smallest absolute Gasteiger partial charge is 0.317 e. The van der Waals surface area contributed by atoms with Gasteiger partial charge in [0.25, 0.3) is 0 Å². The van der Waals surface area contributed by atoms with Crippen LogP contribution in [-0.4, -0.2) is 35.1 Å². The van der Waals surface area contributed by atoms with Gasteiger partial charge in [-0.25, -0.2) is 9.78 Å². The zero-order valence-corrected chi connectivity index (χ0v) is 14.2. The highest BCUT2D eigenvalue weighted by atomic mass is 32.1. The van der Waals surface area contributed by atoms with Crippen molar-refractivity contribution in [2.24, 2.45) is 0 Å². The van der Waals surface area contributed by atoms with Gasteiger partial charge < -0.3 is 15.0 Å². The first kappa shape index (κ1) is 15.5. The van der Waals surface area contributed by atoms with E-state index in [9.17, 15) is 4.79 Å². The molecule has 1 saturated heterocycles. The van der Waals surface area contributed by atoms with Crippen LogP contribution in [0.4, 0.5) is 4.79 Å². The molecule has 1 N–H and O–H groups in total. The quantitative estimate of drug-likeness (QED) is 0.936. The van der Waals surface area contributed by atoms with Crippen molar-refractivity contribution in [2.75, 3.05) is 13.1 Å². The second kappa shape index (κ2) is 6.76. The Morgan fingerprint density at radius 1 is 1.55 bits per heavy atom. The molecule has 0 saturated carbocycles. The number of ether oxygens (including phenoxy) is 1. The molecule has 3 heterocycles. The summed E-state index contributed by atoms with van der Waals surface area (Å²) in [5, 5.41) is 8.00. The summed E-state index contributed by atoms with van der Waals surface area (Å²) in [6.45, 7) is 5.69. The molecule has 0 radical (unpaired) electrons. The van der Waals surface area contributed by atoms with Gasteiger partial charge in [0.2, 0.25) is 0 Å². The van der Waals surface area contributed by atoms with Crippen LogP contribution in [0.1, 0.15) is 28.5 Å². The Kier molecular flexibility index (Phi) is 4.75. The normalized spacial score (nSPS) is 21.8. The van der Waals surface area contributed by atoms with E-state index in [2.05, 4.69) is 21.7 Å². The summed E-state index contributed by atoms with van der Waals surface area (Å²) >= 11 is 3.26. The van der Waals surface area contributed by atoms with Gasteiger partial charge in [0, 0.05) is 17.6 Å². The summed E-state index contributed by atoms with van der Waals surface area (Å²) in [5.74, 6) is 0. The Labute approximate surface area is 137 Å². The molecule has 1 aliphatic rings. The van der Waals surface area contributed by atoms with E-state index in [-0.39, 0.29) is 18.2 Å². The van der Waals surface area contributed by atoms with Crippen LogP contribution < -0.4 is 5.32 Å². The summed E-state index contributed by atoms with van der Waals surface area (Å²) in [5.41, 5.74) is 1.14. The van der Waals surface area contributed by atoms with Crippen molar-refractivity contribution < 1.29 is 9.53 Å². The van der Waals surface area contributed by atoms with Gasteiger partial charge in [-0.2, -0.15) is 11.3 Å². The molecule has 2 aromatic rings. The highest BCUT2D eigenvalue weighted by Gasteiger charge is 2.29. The van der Waals surface area contributed by atoms with Crippen LogP contribution in [0.2, 0.25) is 0 Å². The lowest BCUT2D eigenvalue weighted by atomic mass is 10.1. The lowest BCUT2D eigenvalue weighted by molar-refractivity contribution is -0.0655. The molecule has 3 rings (SSSR count). The molecule has 5 nitrogen and oxygen atoms in total. The Balaban J connectivity index is 1.59. The van der Waals surface area contributed by atoms with E-state index in [1.54, 1.807) is 22.7 Å². The standard InChI is InChI=1S/C15H19N3O2S2/c1-10-7-18(8-13(20-10)12-3-4-21-9-12)15(19)17-6-14-16-5-11(2)22-14/h3-5,9-10,13H,6-8H2,1-2H3,(H,17,19). The largest absolute Gasteiger partial charge is 0.367 e. The Hall–Kier alpha value is -1.44. The van der Waals surface area contributed by atoms with Gasteiger partial charge in [-0.15, -0.1) is 11.3 Å². The van der Waals surface area contributed by atoms with Gasteiger partial charge in [0.1, 0.15) is 11.1 Å². The van der Waals surface area contributed by atoms with Crippen LogP contribution in [-0.2, 0) is 11.3 Å². The fraction of sp³-hybridized carbons (Fsp3) is 0.467. The van der Waals surface area contributed by atoms with Crippen LogP contribution in [0.3, 0.4) is 0 Å². The summed E-state index contributed by atoms with van der Waals surface area (Å²) in [6.07, 6.45) is 1.82. The first-order chi connectivity index (χ1) is 10.6. The molecule has 2 atom stereocenters. The Morgan fingerprint density at radius 2 is 2.41 bits per heavy atom. The van der Waals surface area contributed by atoms with Gasteiger partial charge in [0.05, 0.1) is 19.2 Å². The molecule has 1 aliphatic heterocycles.